The third-order valence-corrected chi connectivity index (χ3v) is 6.75. The number of benzene rings is 1. The second kappa shape index (κ2) is 5.75. The van der Waals surface area contributed by atoms with Crippen molar-refractivity contribution in [2.45, 2.75) is 54.9 Å². The van der Waals surface area contributed by atoms with Gasteiger partial charge in [0.25, 0.3) is 0 Å². The summed E-state index contributed by atoms with van der Waals surface area (Å²) in [5, 5.41) is 3.44. The molecule has 2 aliphatic heterocycles. The van der Waals surface area contributed by atoms with E-state index in [0.717, 1.165) is 49.9 Å². The summed E-state index contributed by atoms with van der Waals surface area (Å²) in [4.78, 5) is -0.0983. The summed E-state index contributed by atoms with van der Waals surface area (Å²) >= 11 is 0. The van der Waals surface area contributed by atoms with Crippen LogP contribution in [-0.2, 0) is 16.2 Å². The molecule has 128 valence electrons. The van der Waals surface area contributed by atoms with E-state index in [9.17, 15) is 21.6 Å². The second-order valence-corrected chi connectivity index (χ2v) is 8.30. The van der Waals surface area contributed by atoms with Crippen molar-refractivity contribution < 1.29 is 21.6 Å². The average Bonchev–Trinajstić information content (AvgIpc) is 2.84. The molecule has 2 unspecified atom stereocenters. The van der Waals surface area contributed by atoms with E-state index in [2.05, 4.69) is 5.32 Å². The highest BCUT2D eigenvalue weighted by Crippen LogP contribution is 2.33. The molecule has 0 spiro atoms. The minimum Gasteiger partial charge on any atom is -0.311 e. The Kier molecular flexibility index (Phi) is 4.18. The molecule has 0 saturated carbocycles. The molecule has 2 atom stereocenters. The lowest BCUT2D eigenvalue weighted by molar-refractivity contribution is -0.137. The van der Waals surface area contributed by atoms with Gasteiger partial charge in [-0.2, -0.15) is 17.5 Å². The highest BCUT2D eigenvalue weighted by molar-refractivity contribution is 7.89. The van der Waals surface area contributed by atoms with Crippen LogP contribution in [0.5, 0.6) is 0 Å². The number of alkyl halides is 3. The van der Waals surface area contributed by atoms with Crippen molar-refractivity contribution in [3.05, 3.63) is 29.8 Å². The molecule has 23 heavy (non-hydrogen) atoms. The van der Waals surface area contributed by atoms with Gasteiger partial charge in [0.2, 0.25) is 10.0 Å². The van der Waals surface area contributed by atoms with Crippen LogP contribution in [0.3, 0.4) is 0 Å². The highest BCUT2D eigenvalue weighted by Gasteiger charge is 2.39. The number of piperidine rings is 1. The number of hydrogen-bond acceptors (Lipinski definition) is 3. The van der Waals surface area contributed by atoms with Gasteiger partial charge < -0.3 is 5.32 Å². The van der Waals surface area contributed by atoms with Crippen LogP contribution in [0.1, 0.15) is 31.2 Å². The first-order chi connectivity index (χ1) is 10.7. The quantitative estimate of drug-likeness (QED) is 0.914. The topological polar surface area (TPSA) is 49.4 Å². The minimum absolute atomic E-state index is 0.0983. The van der Waals surface area contributed by atoms with Gasteiger partial charge in [0, 0.05) is 25.2 Å². The minimum atomic E-state index is -4.47. The Morgan fingerprint density at radius 3 is 2.09 bits per heavy atom. The number of halogens is 3. The zero-order valence-electron chi connectivity index (χ0n) is 12.7. The monoisotopic (exact) mass is 348 g/mol. The molecular formula is C15H19F3N2O2S. The van der Waals surface area contributed by atoms with Crippen molar-refractivity contribution in [3.8, 4) is 0 Å². The van der Waals surface area contributed by atoms with Crippen molar-refractivity contribution >= 4 is 10.0 Å². The maximum atomic E-state index is 12.7. The maximum absolute atomic E-state index is 12.7. The van der Waals surface area contributed by atoms with Gasteiger partial charge in [-0.15, -0.1) is 0 Å². The van der Waals surface area contributed by atoms with Gasteiger partial charge in [0.15, 0.2) is 0 Å². The predicted octanol–water partition coefficient (Wildman–Crippen LogP) is 2.61. The molecule has 3 rings (SSSR count). The van der Waals surface area contributed by atoms with Crippen LogP contribution >= 0.6 is 0 Å². The van der Waals surface area contributed by atoms with Crippen LogP contribution in [0.25, 0.3) is 0 Å². The van der Waals surface area contributed by atoms with Gasteiger partial charge in [-0.05, 0) is 49.9 Å². The van der Waals surface area contributed by atoms with Crippen LogP contribution in [0.2, 0.25) is 0 Å². The van der Waals surface area contributed by atoms with Gasteiger partial charge in [0.1, 0.15) is 0 Å². The molecule has 4 nitrogen and oxygen atoms in total. The molecule has 1 N–H and O–H groups in total. The lowest BCUT2D eigenvalue weighted by Crippen LogP contribution is -2.48. The third kappa shape index (κ3) is 3.25. The first kappa shape index (κ1) is 16.7. The summed E-state index contributed by atoms with van der Waals surface area (Å²) in [5.41, 5.74) is -0.848. The van der Waals surface area contributed by atoms with E-state index >= 15 is 0 Å². The molecule has 2 heterocycles. The summed E-state index contributed by atoms with van der Waals surface area (Å²) in [5.74, 6) is 0. The number of rotatable bonds is 3. The molecule has 8 heteroatoms. The molecule has 0 amide bonds. The fourth-order valence-corrected chi connectivity index (χ4v) is 4.88. The zero-order chi connectivity index (χ0) is 16.8. The van der Waals surface area contributed by atoms with Gasteiger partial charge in [-0.25, -0.2) is 8.42 Å². The molecule has 0 aliphatic carbocycles. The normalized spacial score (nSPS) is 28.3. The summed E-state index contributed by atoms with van der Waals surface area (Å²) in [6.07, 6.45) is -0.882. The predicted molar refractivity (Wildman–Crippen MR) is 79.4 cm³/mol. The number of hydrogen-bond donors (Lipinski definition) is 1. The van der Waals surface area contributed by atoms with E-state index in [1.807, 2.05) is 0 Å². The van der Waals surface area contributed by atoms with Crippen LogP contribution < -0.4 is 5.32 Å². The number of fused-ring (bicyclic) bond motifs is 2. The smallest absolute Gasteiger partial charge is 0.311 e. The molecule has 1 aromatic rings. The molecule has 2 fully saturated rings. The lowest BCUT2D eigenvalue weighted by Gasteiger charge is -2.34. The van der Waals surface area contributed by atoms with E-state index in [1.54, 1.807) is 0 Å². The van der Waals surface area contributed by atoms with Gasteiger partial charge in [-0.3, -0.25) is 0 Å². The van der Waals surface area contributed by atoms with Crippen molar-refractivity contribution in [2.75, 3.05) is 7.05 Å². The Hall–Kier alpha value is -1.12. The summed E-state index contributed by atoms with van der Waals surface area (Å²) in [7, 11) is -2.27. The number of nitrogens with one attached hydrogen (secondary N) is 1. The van der Waals surface area contributed by atoms with Crippen LogP contribution in [0.15, 0.2) is 29.2 Å². The first-order valence-corrected chi connectivity index (χ1v) is 9.03. The number of nitrogens with zero attached hydrogens (tertiary/aromatic N) is 1. The van der Waals surface area contributed by atoms with Crippen molar-refractivity contribution in [1.82, 2.24) is 9.62 Å². The van der Waals surface area contributed by atoms with Crippen LogP contribution in [0.4, 0.5) is 13.2 Å². The summed E-state index contributed by atoms with van der Waals surface area (Å²) < 4.78 is 64.4. The Labute approximate surface area is 133 Å². The zero-order valence-corrected chi connectivity index (χ0v) is 13.5. The largest absolute Gasteiger partial charge is 0.416 e. The van der Waals surface area contributed by atoms with E-state index in [0.29, 0.717) is 12.1 Å². The van der Waals surface area contributed by atoms with E-state index in [4.69, 9.17) is 0 Å². The molecule has 2 bridgehead atoms. The maximum Gasteiger partial charge on any atom is 0.416 e. The fourth-order valence-electron chi connectivity index (χ4n) is 3.50. The molecule has 2 saturated heterocycles. The summed E-state index contributed by atoms with van der Waals surface area (Å²) in [6, 6.07) is 4.25. The van der Waals surface area contributed by atoms with Crippen LogP contribution in [-0.4, -0.2) is 37.9 Å². The Bertz CT molecular complexity index is 661. The van der Waals surface area contributed by atoms with E-state index in [1.165, 1.54) is 11.4 Å². The molecule has 2 aliphatic rings. The second-order valence-electron chi connectivity index (χ2n) is 6.31. The van der Waals surface area contributed by atoms with Crippen LogP contribution in [0, 0.1) is 0 Å². The molecular weight excluding hydrogens is 329 g/mol. The Balaban J connectivity index is 1.80. The standard InChI is InChI=1S/C15H19F3N2O2S/c1-20(13-8-11-4-5-12(9-13)19-11)23(21,22)14-6-2-10(3-7-14)15(16,17)18/h2-3,6-7,11-13,19H,4-5,8-9H2,1H3. The Morgan fingerprint density at radius 1 is 1.09 bits per heavy atom. The molecule has 1 aromatic carbocycles. The van der Waals surface area contributed by atoms with Gasteiger partial charge in [0.05, 0.1) is 10.5 Å². The number of sulfonamides is 1. The average molecular weight is 348 g/mol. The molecule has 0 aromatic heterocycles. The van der Waals surface area contributed by atoms with Gasteiger partial charge in [-0.1, -0.05) is 0 Å². The SMILES string of the molecule is CN(C1CC2CCC(C1)N2)S(=O)(=O)c1ccc(C(F)(F)F)cc1. The molecule has 0 radical (unpaired) electrons. The van der Waals surface area contributed by atoms with E-state index < -0.39 is 21.8 Å². The Morgan fingerprint density at radius 2 is 1.61 bits per heavy atom. The summed E-state index contributed by atoms with van der Waals surface area (Å²) in [6.45, 7) is 0. The van der Waals surface area contributed by atoms with Crippen molar-refractivity contribution in [1.29, 1.82) is 0 Å². The first-order valence-electron chi connectivity index (χ1n) is 7.59. The highest BCUT2D eigenvalue weighted by atomic mass is 32.2. The van der Waals surface area contributed by atoms with Crippen molar-refractivity contribution in [2.24, 2.45) is 0 Å². The third-order valence-electron chi connectivity index (χ3n) is 4.82. The van der Waals surface area contributed by atoms with Crippen molar-refractivity contribution in [3.63, 3.8) is 0 Å². The van der Waals surface area contributed by atoms with E-state index in [-0.39, 0.29) is 10.9 Å². The fraction of sp³-hybridized carbons (Fsp3) is 0.600. The lowest BCUT2D eigenvalue weighted by atomic mass is 10.0. The van der Waals surface area contributed by atoms with Gasteiger partial charge >= 0.3 is 6.18 Å².